The lowest BCUT2D eigenvalue weighted by Gasteiger charge is -2.03. The summed E-state index contributed by atoms with van der Waals surface area (Å²) in [4.78, 5) is 24.1. The summed E-state index contributed by atoms with van der Waals surface area (Å²) in [6.45, 7) is 6.55. The van der Waals surface area contributed by atoms with Crippen LogP contribution in [0.15, 0.2) is 36.7 Å². The predicted molar refractivity (Wildman–Crippen MR) is 86.6 cm³/mol. The lowest BCUT2D eigenvalue weighted by atomic mass is 10.1. The maximum atomic E-state index is 12.0. The van der Waals surface area contributed by atoms with Gasteiger partial charge in [0.2, 0.25) is 0 Å². The topological polar surface area (TPSA) is 57.5 Å². The third-order valence-electron chi connectivity index (χ3n) is 3.36. The fourth-order valence-corrected chi connectivity index (χ4v) is 2.25. The van der Waals surface area contributed by atoms with E-state index in [2.05, 4.69) is 0 Å². The molecule has 0 aliphatic heterocycles. The number of carbonyl (C=O) groups is 2. The van der Waals surface area contributed by atoms with E-state index in [0.29, 0.717) is 6.54 Å². The van der Waals surface area contributed by atoms with Crippen LogP contribution in [-0.4, -0.2) is 29.7 Å². The van der Waals surface area contributed by atoms with E-state index in [0.717, 1.165) is 5.56 Å². The molecule has 122 valence electrons. The van der Waals surface area contributed by atoms with Crippen LogP contribution >= 0.6 is 0 Å². The summed E-state index contributed by atoms with van der Waals surface area (Å²) in [5.41, 5.74) is 2.73. The van der Waals surface area contributed by atoms with Gasteiger partial charge in [0.25, 0.3) is 0 Å². The molecule has 0 aliphatic rings. The highest BCUT2D eigenvalue weighted by atomic mass is 16.5. The Balaban J connectivity index is 2.30. The van der Waals surface area contributed by atoms with Crippen molar-refractivity contribution in [3.8, 4) is 0 Å². The third-order valence-corrected chi connectivity index (χ3v) is 3.36. The second kappa shape index (κ2) is 7.63. The highest BCUT2D eigenvalue weighted by Gasteiger charge is 2.22. The summed E-state index contributed by atoms with van der Waals surface area (Å²) in [5.74, 6) is -1.03. The van der Waals surface area contributed by atoms with Gasteiger partial charge in [-0.25, -0.2) is 9.59 Å². The Bertz CT molecular complexity index is 650. The molecular weight excluding hydrogens is 294 g/mol. The normalized spacial score (nSPS) is 10.4. The van der Waals surface area contributed by atoms with E-state index < -0.39 is 11.9 Å². The standard InChI is InChI=1S/C18H21NO4/c1-4-22-17(20)15-11-19(12-16(15)18(21)23-5-2)10-14-8-6-13(3)7-9-14/h6-9,11-12H,4-5,10H2,1-3H3. The van der Waals surface area contributed by atoms with Crippen molar-refractivity contribution in [2.24, 2.45) is 0 Å². The zero-order valence-electron chi connectivity index (χ0n) is 13.7. The SMILES string of the molecule is CCOC(=O)c1cn(Cc2ccc(C)cc2)cc1C(=O)OCC. The van der Waals surface area contributed by atoms with Crippen molar-refractivity contribution >= 4 is 11.9 Å². The first kappa shape index (κ1) is 16.8. The molecule has 0 unspecified atom stereocenters. The number of ether oxygens (including phenoxy) is 2. The smallest absolute Gasteiger partial charge is 0.340 e. The average molecular weight is 315 g/mol. The zero-order chi connectivity index (χ0) is 16.8. The van der Waals surface area contributed by atoms with Gasteiger partial charge in [-0.05, 0) is 26.3 Å². The number of hydrogen-bond acceptors (Lipinski definition) is 4. The molecule has 5 nitrogen and oxygen atoms in total. The first-order valence-electron chi connectivity index (χ1n) is 7.64. The second-order valence-electron chi connectivity index (χ2n) is 5.18. The van der Waals surface area contributed by atoms with Crippen LogP contribution in [0.4, 0.5) is 0 Å². The van der Waals surface area contributed by atoms with E-state index in [4.69, 9.17) is 9.47 Å². The Morgan fingerprint density at radius 1 is 0.913 bits per heavy atom. The van der Waals surface area contributed by atoms with Crippen molar-refractivity contribution < 1.29 is 19.1 Å². The van der Waals surface area contributed by atoms with Crippen molar-refractivity contribution in [3.05, 3.63) is 58.9 Å². The van der Waals surface area contributed by atoms with Crippen molar-refractivity contribution in [2.75, 3.05) is 13.2 Å². The average Bonchev–Trinajstić information content (AvgIpc) is 2.94. The first-order chi connectivity index (χ1) is 11.0. The summed E-state index contributed by atoms with van der Waals surface area (Å²) in [6.07, 6.45) is 3.26. The molecule has 2 aromatic rings. The van der Waals surface area contributed by atoms with Crippen LogP contribution in [-0.2, 0) is 16.0 Å². The molecule has 5 heteroatoms. The molecule has 0 N–H and O–H groups in total. The van der Waals surface area contributed by atoms with Gasteiger partial charge in [-0.3, -0.25) is 0 Å². The Labute approximate surface area is 135 Å². The minimum atomic E-state index is -0.516. The van der Waals surface area contributed by atoms with Gasteiger partial charge in [0.1, 0.15) is 0 Å². The zero-order valence-corrected chi connectivity index (χ0v) is 13.7. The first-order valence-corrected chi connectivity index (χ1v) is 7.64. The molecule has 0 saturated heterocycles. The number of aryl methyl sites for hydroxylation is 1. The third kappa shape index (κ3) is 4.22. The van der Waals surface area contributed by atoms with Gasteiger partial charge < -0.3 is 14.0 Å². The predicted octanol–water partition coefficient (Wildman–Crippen LogP) is 3.20. The molecule has 0 radical (unpaired) electrons. The number of rotatable bonds is 6. The number of hydrogen-bond donors (Lipinski definition) is 0. The molecule has 0 spiro atoms. The highest BCUT2D eigenvalue weighted by Crippen LogP contribution is 2.16. The number of benzene rings is 1. The van der Waals surface area contributed by atoms with Gasteiger partial charge in [0.15, 0.2) is 0 Å². The molecule has 0 aliphatic carbocycles. The Hall–Kier alpha value is -2.56. The molecular formula is C18H21NO4. The number of nitrogens with zero attached hydrogens (tertiary/aromatic N) is 1. The summed E-state index contributed by atoms with van der Waals surface area (Å²) in [5, 5.41) is 0. The summed E-state index contributed by atoms with van der Waals surface area (Å²) < 4.78 is 11.8. The van der Waals surface area contributed by atoms with Crippen LogP contribution in [0.2, 0.25) is 0 Å². The number of esters is 2. The monoisotopic (exact) mass is 315 g/mol. The Morgan fingerprint density at radius 2 is 1.39 bits per heavy atom. The molecule has 1 heterocycles. The fourth-order valence-electron chi connectivity index (χ4n) is 2.25. The molecule has 0 bridgehead atoms. The summed E-state index contributed by atoms with van der Waals surface area (Å²) in [7, 11) is 0. The van der Waals surface area contributed by atoms with Crippen LogP contribution in [0.3, 0.4) is 0 Å². The number of carbonyl (C=O) groups excluding carboxylic acids is 2. The Kier molecular flexibility index (Phi) is 5.57. The van der Waals surface area contributed by atoms with Crippen LogP contribution in [0.1, 0.15) is 45.7 Å². The largest absolute Gasteiger partial charge is 0.462 e. The molecule has 0 amide bonds. The lowest BCUT2D eigenvalue weighted by molar-refractivity contribution is 0.0480. The van der Waals surface area contributed by atoms with Gasteiger partial charge >= 0.3 is 11.9 Å². The molecule has 0 atom stereocenters. The molecule has 0 saturated carbocycles. The lowest BCUT2D eigenvalue weighted by Crippen LogP contribution is -2.11. The second-order valence-corrected chi connectivity index (χ2v) is 5.18. The van der Waals surface area contributed by atoms with E-state index >= 15 is 0 Å². The Morgan fingerprint density at radius 3 is 1.83 bits per heavy atom. The van der Waals surface area contributed by atoms with Crippen molar-refractivity contribution in [1.82, 2.24) is 4.57 Å². The van der Waals surface area contributed by atoms with Crippen molar-refractivity contribution in [2.45, 2.75) is 27.3 Å². The van der Waals surface area contributed by atoms with Crippen molar-refractivity contribution in [1.29, 1.82) is 0 Å². The minimum Gasteiger partial charge on any atom is -0.462 e. The van der Waals surface area contributed by atoms with Crippen LogP contribution < -0.4 is 0 Å². The van der Waals surface area contributed by atoms with Gasteiger partial charge in [0, 0.05) is 18.9 Å². The molecule has 23 heavy (non-hydrogen) atoms. The highest BCUT2D eigenvalue weighted by molar-refractivity contribution is 6.03. The van der Waals surface area contributed by atoms with E-state index in [-0.39, 0.29) is 24.3 Å². The fraction of sp³-hybridized carbons (Fsp3) is 0.333. The summed E-state index contributed by atoms with van der Waals surface area (Å²) >= 11 is 0. The van der Waals surface area contributed by atoms with Gasteiger partial charge in [0.05, 0.1) is 24.3 Å². The molecule has 1 aromatic carbocycles. The van der Waals surface area contributed by atoms with Gasteiger partial charge in [-0.1, -0.05) is 29.8 Å². The molecule has 1 aromatic heterocycles. The maximum absolute atomic E-state index is 12.0. The number of aromatic nitrogens is 1. The van der Waals surface area contributed by atoms with Crippen LogP contribution in [0, 0.1) is 6.92 Å². The van der Waals surface area contributed by atoms with E-state index in [1.54, 1.807) is 30.8 Å². The minimum absolute atomic E-state index is 0.234. The van der Waals surface area contributed by atoms with E-state index in [9.17, 15) is 9.59 Å². The van der Waals surface area contributed by atoms with Gasteiger partial charge in [-0.2, -0.15) is 0 Å². The van der Waals surface area contributed by atoms with Crippen molar-refractivity contribution in [3.63, 3.8) is 0 Å². The molecule has 0 fully saturated rings. The van der Waals surface area contributed by atoms with E-state index in [1.807, 2.05) is 31.2 Å². The summed E-state index contributed by atoms with van der Waals surface area (Å²) in [6, 6.07) is 8.08. The van der Waals surface area contributed by atoms with Crippen LogP contribution in [0.25, 0.3) is 0 Å². The van der Waals surface area contributed by atoms with Crippen LogP contribution in [0.5, 0.6) is 0 Å². The molecule has 2 rings (SSSR count). The quantitative estimate of drug-likeness (QED) is 0.768. The maximum Gasteiger partial charge on any atom is 0.340 e. The van der Waals surface area contributed by atoms with E-state index in [1.165, 1.54) is 5.56 Å². The van der Waals surface area contributed by atoms with Gasteiger partial charge in [-0.15, -0.1) is 0 Å².